The van der Waals surface area contributed by atoms with Gasteiger partial charge < -0.3 is 15.5 Å². The Labute approximate surface area is 168 Å². The van der Waals surface area contributed by atoms with Crippen LogP contribution in [0.4, 0.5) is 10.6 Å². The molecule has 0 aromatic carbocycles. The Bertz CT molecular complexity index is 652. The molecule has 5 fully saturated rings. The molecule has 5 aliphatic rings. The maximum absolute atomic E-state index is 12.5. The summed E-state index contributed by atoms with van der Waals surface area (Å²) < 4.78 is 0. The van der Waals surface area contributed by atoms with E-state index in [4.69, 9.17) is 0 Å². The van der Waals surface area contributed by atoms with E-state index in [0.717, 1.165) is 48.1 Å². The van der Waals surface area contributed by atoms with Gasteiger partial charge in [0.1, 0.15) is 5.82 Å². The largest absolute Gasteiger partial charge is 0.357 e. The van der Waals surface area contributed by atoms with E-state index in [2.05, 4.69) is 32.7 Å². The fourth-order valence-electron chi connectivity index (χ4n) is 6.55. The number of hydrogen-bond acceptors (Lipinski definition) is 3. The summed E-state index contributed by atoms with van der Waals surface area (Å²) in [5.41, 5.74) is 1.07. The van der Waals surface area contributed by atoms with Crippen LogP contribution < -0.4 is 15.5 Å². The Hall–Kier alpha value is -1.78. The molecule has 28 heavy (non-hydrogen) atoms. The summed E-state index contributed by atoms with van der Waals surface area (Å²) in [6.45, 7) is 2.77. The second-order valence-corrected chi connectivity index (χ2v) is 9.71. The van der Waals surface area contributed by atoms with Crippen LogP contribution in [0.5, 0.6) is 0 Å². The first-order valence-electron chi connectivity index (χ1n) is 11.5. The lowest BCUT2D eigenvalue weighted by Crippen LogP contribution is -2.57. The fraction of sp³-hybridized carbons (Fsp3) is 0.739. The SMILES string of the molecule is O=C(NCc1ccc(N2CCCCCC2)nc1)NC1C2CC3CC(C2)CC1C3. The van der Waals surface area contributed by atoms with Crippen molar-refractivity contribution < 1.29 is 4.79 Å². The van der Waals surface area contributed by atoms with Gasteiger partial charge in [-0.3, -0.25) is 0 Å². The molecular formula is C23H34N4O. The van der Waals surface area contributed by atoms with Gasteiger partial charge in [-0.1, -0.05) is 18.9 Å². The average Bonchev–Trinajstić information content (AvgIpc) is 2.99. The third-order valence-electron chi connectivity index (χ3n) is 7.72. The highest BCUT2D eigenvalue weighted by molar-refractivity contribution is 5.74. The van der Waals surface area contributed by atoms with Crippen LogP contribution in [-0.4, -0.2) is 30.1 Å². The number of amides is 2. The molecule has 5 heteroatoms. The molecule has 152 valence electrons. The smallest absolute Gasteiger partial charge is 0.315 e. The monoisotopic (exact) mass is 382 g/mol. The molecule has 1 saturated heterocycles. The van der Waals surface area contributed by atoms with Gasteiger partial charge in [-0.2, -0.15) is 0 Å². The van der Waals surface area contributed by atoms with Crippen LogP contribution in [0.3, 0.4) is 0 Å². The average molecular weight is 383 g/mol. The van der Waals surface area contributed by atoms with E-state index in [1.165, 1.54) is 57.8 Å². The molecule has 4 saturated carbocycles. The van der Waals surface area contributed by atoms with Crippen LogP contribution in [-0.2, 0) is 6.54 Å². The Morgan fingerprint density at radius 2 is 1.64 bits per heavy atom. The Kier molecular flexibility index (Phi) is 5.17. The zero-order chi connectivity index (χ0) is 18.9. The zero-order valence-corrected chi connectivity index (χ0v) is 16.9. The number of carbonyl (C=O) groups excluding carboxylic acids is 1. The first kappa shape index (κ1) is 18.3. The Morgan fingerprint density at radius 3 is 2.25 bits per heavy atom. The normalized spacial score (nSPS) is 34.1. The van der Waals surface area contributed by atoms with E-state index in [1.807, 2.05) is 6.20 Å². The highest BCUT2D eigenvalue weighted by Gasteiger charge is 2.48. The summed E-state index contributed by atoms with van der Waals surface area (Å²) in [5.74, 6) is 4.40. The van der Waals surface area contributed by atoms with Crippen LogP contribution in [0.2, 0.25) is 0 Å². The molecule has 2 N–H and O–H groups in total. The molecule has 5 nitrogen and oxygen atoms in total. The Morgan fingerprint density at radius 1 is 0.964 bits per heavy atom. The third kappa shape index (κ3) is 3.85. The van der Waals surface area contributed by atoms with Gasteiger partial charge in [-0.05, 0) is 80.2 Å². The van der Waals surface area contributed by atoms with Gasteiger partial charge in [-0.25, -0.2) is 9.78 Å². The van der Waals surface area contributed by atoms with E-state index in [0.29, 0.717) is 12.6 Å². The summed E-state index contributed by atoms with van der Waals surface area (Å²) in [6, 6.07) is 4.61. The van der Waals surface area contributed by atoms with Crippen LogP contribution in [0.1, 0.15) is 63.4 Å². The maximum Gasteiger partial charge on any atom is 0.315 e. The van der Waals surface area contributed by atoms with Crippen molar-refractivity contribution in [1.29, 1.82) is 0 Å². The first-order chi connectivity index (χ1) is 13.7. The van der Waals surface area contributed by atoms with Crippen LogP contribution in [0, 0.1) is 23.7 Å². The topological polar surface area (TPSA) is 57.3 Å². The minimum absolute atomic E-state index is 0.00549. The van der Waals surface area contributed by atoms with Crippen molar-refractivity contribution in [3.05, 3.63) is 23.9 Å². The molecule has 2 heterocycles. The molecule has 1 aromatic heterocycles. The molecule has 4 aliphatic carbocycles. The number of rotatable bonds is 4. The number of carbonyl (C=O) groups is 1. The van der Waals surface area contributed by atoms with E-state index in [9.17, 15) is 4.79 Å². The number of anilines is 1. The second kappa shape index (κ2) is 7.92. The number of nitrogens with one attached hydrogen (secondary N) is 2. The predicted molar refractivity (Wildman–Crippen MR) is 111 cm³/mol. The maximum atomic E-state index is 12.5. The molecule has 2 amide bonds. The minimum atomic E-state index is -0.00549. The third-order valence-corrected chi connectivity index (χ3v) is 7.72. The van der Waals surface area contributed by atoms with Crippen molar-refractivity contribution in [1.82, 2.24) is 15.6 Å². The lowest BCUT2D eigenvalue weighted by molar-refractivity contribution is -0.00942. The van der Waals surface area contributed by atoms with E-state index < -0.39 is 0 Å². The molecule has 0 spiro atoms. The number of pyridine rings is 1. The van der Waals surface area contributed by atoms with Crippen molar-refractivity contribution in [2.45, 2.75) is 70.4 Å². The molecule has 0 unspecified atom stereocenters. The molecule has 6 rings (SSSR count). The molecular weight excluding hydrogens is 348 g/mol. The van der Waals surface area contributed by atoms with Gasteiger partial charge in [0.2, 0.25) is 0 Å². The van der Waals surface area contributed by atoms with Crippen LogP contribution in [0.15, 0.2) is 18.3 Å². The predicted octanol–water partition coefficient (Wildman–Crippen LogP) is 4.09. The standard InChI is InChI=1S/C23H34N4O/c28-23(26-22-19-10-17-9-18(12-19)13-20(22)11-17)25-15-16-5-6-21(24-14-16)27-7-3-1-2-4-8-27/h5-6,14,17-20,22H,1-4,7-13,15H2,(H2,25,26,28). The fourth-order valence-corrected chi connectivity index (χ4v) is 6.55. The summed E-state index contributed by atoms with van der Waals surface area (Å²) in [4.78, 5) is 19.6. The van der Waals surface area contributed by atoms with E-state index in [1.54, 1.807) is 0 Å². The van der Waals surface area contributed by atoms with Crippen molar-refractivity contribution in [2.75, 3.05) is 18.0 Å². The van der Waals surface area contributed by atoms with Crippen LogP contribution >= 0.6 is 0 Å². The quantitative estimate of drug-likeness (QED) is 0.825. The van der Waals surface area contributed by atoms with E-state index in [-0.39, 0.29) is 6.03 Å². The summed E-state index contributed by atoms with van der Waals surface area (Å²) >= 11 is 0. The zero-order valence-electron chi connectivity index (χ0n) is 16.9. The Balaban J connectivity index is 1.12. The lowest BCUT2D eigenvalue weighted by Gasteiger charge is -2.54. The number of hydrogen-bond donors (Lipinski definition) is 2. The van der Waals surface area contributed by atoms with Crippen molar-refractivity contribution in [2.24, 2.45) is 23.7 Å². The molecule has 1 aromatic rings. The summed E-state index contributed by atoms with van der Waals surface area (Å²) in [5, 5.41) is 6.39. The summed E-state index contributed by atoms with van der Waals surface area (Å²) in [6.07, 6.45) is 13.9. The van der Waals surface area contributed by atoms with Crippen molar-refractivity contribution in [3.8, 4) is 0 Å². The molecule has 0 atom stereocenters. The molecule has 0 radical (unpaired) electrons. The first-order valence-corrected chi connectivity index (χ1v) is 11.5. The van der Waals surface area contributed by atoms with Gasteiger partial charge in [0, 0.05) is 31.9 Å². The molecule has 1 aliphatic heterocycles. The molecule has 4 bridgehead atoms. The minimum Gasteiger partial charge on any atom is -0.357 e. The van der Waals surface area contributed by atoms with Gasteiger partial charge in [0.05, 0.1) is 0 Å². The van der Waals surface area contributed by atoms with E-state index >= 15 is 0 Å². The summed E-state index contributed by atoms with van der Waals surface area (Å²) in [7, 11) is 0. The highest BCUT2D eigenvalue weighted by Crippen LogP contribution is 2.53. The number of nitrogens with zero attached hydrogens (tertiary/aromatic N) is 2. The van der Waals surface area contributed by atoms with Gasteiger partial charge in [-0.15, -0.1) is 0 Å². The van der Waals surface area contributed by atoms with Gasteiger partial charge in [0.15, 0.2) is 0 Å². The van der Waals surface area contributed by atoms with Gasteiger partial charge in [0.25, 0.3) is 0 Å². The van der Waals surface area contributed by atoms with Crippen LogP contribution in [0.25, 0.3) is 0 Å². The second-order valence-electron chi connectivity index (χ2n) is 9.71. The van der Waals surface area contributed by atoms with Crippen molar-refractivity contribution in [3.63, 3.8) is 0 Å². The number of urea groups is 1. The lowest BCUT2D eigenvalue weighted by atomic mass is 9.54. The highest BCUT2D eigenvalue weighted by atomic mass is 16.2. The van der Waals surface area contributed by atoms with Crippen molar-refractivity contribution >= 4 is 11.8 Å². The number of aromatic nitrogens is 1. The van der Waals surface area contributed by atoms with Gasteiger partial charge >= 0.3 is 6.03 Å².